The van der Waals surface area contributed by atoms with E-state index in [0.717, 1.165) is 53.7 Å². The number of imidazole rings is 1. The largest absolute Gasteiger partial charge is 0.493 e. The van der Waals surface area contributed by atoms with Crippen LogP contribution in [0.25, 0.3) is 22.6 Å². The first-order valence-corrected chi connectivity index (χ1v) is 10.7. The third-order valence-corrected chi connectivity index (χ3v) is 5.94. The van der Waals surface area contributed by atoms with E-state index in [1.54, 1.807) is 6.20 Å². The van der Waals surface area contributed by atoms with Gasteiger partial charge in [-0.25, -0.2) is 4.98 Å². The van der Waals surface area contributed by atoms with Crippen LogP contribution in [0, 0.1) is 6.92 Å². The van der Waals surface area contributed by atoms with E-state index < -0.39 is 0 Å². The molecule has 158 valence electrons. The van der Waals surface area contributed by atoms with Gasteiger partial charge < -0.3 is 9.30 Å². The number of hydrogen-bond acceptors (Lipinski definition) is 5. The van der Waals surface area contributed by atoms with Crippen LogP contribution in [0.15, 0.2) is 49.1 Å². The van der Waals surface area contributed by atoms with Crippen LogP contribution in [0.3, 0.4) is 0 Å². The standard InChI is InChI=1S/C24H26N6O/c1-15(2)19-5-4-6-22-23(19)18(8-10-31-22)12-30-13-21(26-14-30)20-11-17(7-9-25-20)24-16(3)27-29-28-24/h4-7,9,11,13-15,18H,8,10,12H2,1-3H3,(H,27,28,29)/t18-/m0/s1. The van der Waals surface area contributed by atoms with E-state index in [0.29, 0.717) is 11.8 Å². The van der Waals surface area contributed by atoms with Crippen molar-refractivity contribution in [2.24, 2.45) is 0 Å². The lowest BCUT2D eigenvalue weighted by Gasteiger charge is -2.29. The summed E-state index contributed by atoms with van der Waals surface area (Å²) in [6.45, 7) is 8.04. The van der Waals surface area contributed by atoms with E-state index in [1.807, 2.05) is 25.4 Å². The lowest BCUT2D eigenvalue weighted by Crippen LogP contribution is -2.20. The van der Waals surface area contributed by atoms with Gasteiger partial charge in [-0.1, -0.05) is 26.0 Å². The minimum absolute atomic E-state index is 0.404. The Morgan fingerprint density at radius 1 is 1.16 bits per heavy atom. The Kier molecular flexibility index (Phi) is 5.02. The Labute approximate surface area is 181 Å². The van der Waals surface area contributed by atoms with E-state index >= 15 is 0 Å². The minimum atomic E-state index is 0.404. The second-order valence-electron chi connectivity index (χ2n) is 8.39. The SMILES string of the molecule is Cc1n[nH]nc1-c1ccnc(-c2cn(C[C@@H]3CCOc4cccc(C(C)C)c43)cn2)c1. The van der Waals surface area contributed by atoms with Gasteiger partial charge in [-0.2, -0.15) is 15.4 Å². The first-order valence-electron chi connectivity index (χ1n) is 10.7. The van der Waals surface area contributed by atoms with Crippen molar-refractivity contribution >= 4 is 0 Å². The number of ether oxygens (including phenoxy) is 1. The summed E-state index contributed by atoms with van der Waals surface area (Å²) < 4.78 is 8.14. The maximum atomic E-state index is 5.97. The Morgan fingerprint density at radius 2 is 2.06 bits per heavy atom. The molecule has 1 aliphatic rings. The van der Waals surface area contributed by atoms with Crippen molar-refractivity contribution in [2.75, 3.05) is 6.61 Å². The van der Waals surface area contributed by atoms with Gasteiger partial charge in [0.1, 0.15) is 17.1 Å². The minimum Gasteiger partial charge on any atom is -0.493 e. The molecule has 31 heavy (non-hydrogen) atoms. The molecule has 7 heteroatoms. The number of H-pyrrole nitrogens is 1. The van der Waals surface area contributed by atoms with Gasteiger partial charge >= 0.3 is 0 Å². The molecule has 1 aromatic carbocycles. The zero-order valence-electron chi connectivity index (χ0n) is 18.0. The van der Waals surface area contributed by atoms with Crippen molar-refractivity contribution < 1.29 is 4.74 Å². The highest BCUT2D eigenvalue weighted by Crippen LogP contribution is 2.40. The molecule has 0 unspecified atom stereocenters. The molecule has 1 aliphatic heterocycles. The number of aromatic nitrogens is 6. The van der Waals surface area contributed by atoms with E-state index in [2.05, 4.69) is 68.2 Å². The van der Waals surface area contributed by atoms with Gasteiger partial charge in [0.25, 0.3) is 0 Å². The van der Waals surface area contributed by atoms with Crippen LogP contribution < -0.4 is 4.74 Å². The number of nitrogens with one attached hydrogen (secondary N) is 1. The predicted octanol–water partition coefficient (Wildman–Crippen LogP) is 4.73. The van der Waals surface area contributed by atoms with Crippen molar-refractivity contribution in [1.29, 1.82) is 0 Å². The second kappa shape index (κ2) is 7.98. The molecule has 3 aromatic heterocycles. The fourth-order valence-electron chi connectivity index (χ4n) is 4.39. The smallest absolute Gasteiger partial charge is 0.123 e. The number of pyridine rings is 1. The van der Waals surface area contributed by atoms with Crippen molar-refractivity contribution in [1.82, 2.24) is 29.9 Å². The summed E-state index contributed by atoms with van der Waals surface area (Å²) >= 11 is 0. The van der Waals surface area contributed by atoms with Crippen LogP contribution in [0.2, 0.25) is 0 Å². The Balaban J connectivity index is 1.42. The molecule has 0 saturated heterocycles. The summed E-state index contributed by atoms with van der Waals surface area (Å²) in [5.74, 6) is 1.89. The van der Waals surface area contributed by atoms with Crippen molar-refractivity contribution in [3.05, 3.63) is 65.9 Å². The number of rotatable bonds is 5. The van der Waals surface area contributed by atoms with Gasteiger partial charge in [-0.15, -0.1) is 0 Å². The maximum Gasteiger partial charge on any atom is 0.123 e. The molecule has 0 amide bonds. The molecular weight excluding hydrogens is 388 g/mol. The lowest BCUT2D eigenvalue weighted by molar-refractivity contribution is 0.257. The number of aromatic amines is 1. The van der Waals surface area contributed by atoms with Crippen molar-refractivity contribution in [3.63, 3.8) is 0 Å². The topological polar surface area (TPSA) is 81.5 Å². The molecule has 7 nitrogen and oxygen atoms in total. The zero-order valence-corrected chi connectivity index (χ0v) is 18.0. The normalized spacial score (nSPS) is 15.7. The summed E-state index contributed by atoms with van der Waals surface area (Å²) in [5, 5.41) is 11.0. The van der Waals surface area contributed by atoms with Crippen LogP contribution in [0.4, 0.5) is 0 Å². The van der Waals surface area contributed by atoms with Gasteiger partial charge in [-0.05, 0) is 43.0 Å². The highest BCUT2D eigenvalue weighted by molar-refractivity contribution is 5.67. The highest BCUT2D eigenvalue weighted by Gasteiger charge is 2.26. The predicted molar refractivity (Wildman–Crippen MR) is 119 cm³/mol. The third-order valence-electron chi connectivity index (χ3n) is 5.94. The molecule has 0 spiro atoms. The molecule has 1 atom stereocenters. The van der Waals surface area contributed by atoms with Crippen LogP contribution in [0.1, 0.15) is 48.9 Å². The molecule has 0 radical (unpaired) electrons. The molecule has 0 bridgehead atoms. The van der Waals surface area contributed by atoms with E-state index in [9.17, 15) is 0 Å². The van der Waals surface area contributed by atoms with Crippen molar-refractivity contribution in [3.8, 4) is 28.4 Å². The third kappa shape index (κ3) is 3.71. The second-order valence-corrected chi connectivity index (χ2v) is 8.39. The van der Waals surface area contributed by atoms with Crippen molar-refractivity contribution in [2.45, 2.75) is 45.6 Å². The summed E-state index contributed by atoms with van der Waals surface area (Å²) in [4.78, 5) is 9.16. The number of fused-ring (bicyclic) bond motifs is 1. The lowest BCUT2D eigenvalue weighted by atomic mass is 9.85. The van der Waals surface area contributed by atoms with Gasteiger partial charge in [0.05, 0.1) is 24.3 Å². The quantitative estimate of drug-likeness (QED) is 0.511. The van der Waals surface area contributed by atoms with Gasteiger partial charge in [-0.3, -0.25) is 4.98 Å². The molecule has 4 heterocycles. The van der Waals surface area contributed by atoms with Crippen LogP contribution in [-0.2, 0) is 6.54 Å². The highest BCUT2D eigenvalue weighted by atomic mass is 16.5. The van der Waals surface area contributed by atoms with Gasteiger partial charge in [0.2, 0.25) is 0 Å². The van der Waals surface area contributed by atoms with Gasteiger partial charge in [0.15, 0.2) is 0 Å². The summed E-state index contributed by atoms with van der Waals surface area (Å²) in [6, 6.07) is 10.4. The fraction of sp³-hybridized carbons (Fsp3) is 0.333. The molecule has 0 aliphatic carbocycles. The molecule has 1 N–H and O–H groups in total. The van der Waals surface area contributed by atoms with Gasteiger partial charge in [0, 0.05) is 36.0 Å². The Hall–Kier alpha value is -3.48. The first kappa shape index (κ1) is 19.5. The summed E-state index contributed by atoms with van der Waals surface area (Å²) in [5.41, 5.74) is 7.08. The van der Waals surface area contributed by atoms with E-state index in [-0.39, 0.29) is 0 Å². The Morgan fingerprint density at radius 3 is 2.87 bits per heavy atom. The number of benzene rings is 1. The molecular formula is C24H26N6O. The molecule has 0 fully saturated rings. The summed E-state index contributed by atoms with van der Waals surface area (Å²) in [7, 11) is 0. The number of hydrogen-bond donors (Lipinski definition) is 1. The van der Waals surface area contributed by atoms with E-state index in [1.165, 1.54) is 11.1 Å². The van der Waals surface area contributed by atoms with Crippen LogP contribution in [-0.4, -0.2) is 36.6 Å². The average molecular weight is 415 g/mol. The molecule has 4 aromatic rings. The molecule has 0 saturated carbocycles. The number of aryl methyl sites for hydroxylation is 1. The van der Waals surface area contributed by atoms with E-state index in [4.69, 9.17) is 4.74 Å². The zero-order chi connectivity index (χ0) is 21.4. The fourth-order valence-corrected chi connectivity index (χ4v) is 4.39. The first-order chi connectivity index (χ1) is 15.1. The maximum absolute atomic E-state index is 5.97. The average Bonchev–Trinajstić information content (AvgIpc) is 3.42. The van der Waals surface area contributed by atoms with Crippen LogP contribution in [0.5, 0.6) is 5.75 Å². The molecule has 5 rings (SSSR count). The number of nitrogens with zero attached hydrogens (tertiary/aromatic N) is 5. The summed E-state index contributed by atoms with van der Waals surface area (Å²) in [6.07, 6.45) is 6.78. The van der Waals surface area contributed by atoms with Crippen LogP contribution >= 0.6 is 0 Å². The Bertz CT molecular complexity index is 1210. The monoisotopic (exact) mass is 414 g/mol.